The Bertz CT molecular complexity index is 241. The van der Waals surface area contributed by atoms with E-state index in [2.05, 4.69) is 21.3 Å². The SMILES string of the molecule is CC(C#CC[C@H]1C[C@@H]1CCC=O)OP. The highest BCUT2D eigenvalue weighted by Gasteiger charge is 2.35. The molecule has 3 heteroatoms. The van der Waals surface area contributed by atoms with Gasteiger partial charge in [0.15, 0.2) is 0 Å². The Morgan fingerprint density at radius 1 is 1.64 bits per heavy atom. The fraction of sp³-hybridized carbons (Fsp3) is 0.727. The van der Waals surface area contributed by atoms with Gasteiger partial charge in [-0.1, -0.05) is 5.92 Å². The first-order chi connectivity index (χ1) is 6.77. The zero-order valence-corrected chi connectivity index (χ0v) is 9.69. The molecule has 0 aromatic carbocycles. The molecule has 0 heterocycles. The molecule has 1 aliphatic carbocycles. The molecule has 4 atom stereocenters. The fourth-order valence-electron chi connectivity index (χ4n) is 1.56. The van der Waals surface area contributed by atoms with E-state index in [4.69, 9.17) is 4.52 Å². The average Bonchev–Trinajstić information content (AvgIpc) is 2.93. The minimum absolute atomic E-state index is 0.00664. The largest absolute Gasteiger partial charge is 0.350 e. The van der Waals surface area contributed by atoms with Crippen LogP contribution in [0.1, 0.15) is 32.6 Å². The summed E-state index contributed by atoms with van der Waals surface area (Å²) in [5, 5.41) is 0. The number of hydrogen-bond donors (Lipinski definition) is 0. The summed E-state index contributed by atoms with van der Waals surface area (Å²) in [5.74, 6) is 7.63. The van der Waals surface area contributed by atoms with Crippen molar-refractivity contribution in [3.05, 3.63) is 0 Å². The Morgan fingerprint density at radius 2 is 2.43 bits per heavy atom. The van der Waals surface area contributed by atoms with Gasteiger partial charge in [-0.05, 0) is 31.6 Å². The van der Waals surface area contributed by atoms with E-state index in [0.717, 1.165) is 31.0 Å². The van der Waals surface area contributed by atoms with Gasteiger partial charge in [0.05, 0.1) is 0 Å². The van der Waals surface area contributed by atoms with Gasteiger partial charge in [0, 0.05) is 22.3 Å². The van der Waals surface area contributed by atoms with E-state index in [-0.39, 0.29) is 6.10 Å². The zero-order chi connectivity index (χ0) is 10.4. The Kier molecular flexibility index (Phi) is 5.15. The van der Waals surface area contributed by atoms with Crippen LogP contribution < -0.4 is 0 Å². The summed E-state index contributed by atoms with van der Waals surface area (Å²) in [5.41, 5.74) is 0. The van der Waals surface area contributed by atoms with Crippen LogP contribution in [0.4, 0.5) is 0 Å². The van der Waals surface area contributed by atoms with Crippen molar-refractivity contribution in [3.8, 4) is 11.8 Å². The molecule has 0 aromatic heterocycles. The molecule has 2 nitrogen and oxygen atoms in total. The van der Waals surface area contributed by atoms with Gasteiger partial charge in [0.2, 0.25) is 0 Å². The quantitative estimate of drug-likeness (QED) is 0.396. The molecule has 0 N–H and O–H groups in total. The van der Waals surface area contributed by atoms with Crippen molar-refractivity contribution >= 4 is 15.8 Å². The van der Waals surface area contributed by atoms with Crippen molar-refractivity contribution in [1.29, 1.82) is 0 Å². The van der Waals surface area contributed by atoms with Gasteiger partial charge in [0.25, 0.3) is 0 Å². The maximum atomic E-state index is 10.1. The second-order valence-electron chi connectivity index (χ2n) is 3.80. The third-order valence-electron chi connectivity index (χ3n) is 2.60. The molecule has 2 unspecified atom stereocenters. The van der Waals surface area contributed by atoms with Crippen molar-refractivity contribution in [2.45, 2.75) is 38.7 Å². The molecule has 1 saturated carbocycles. The lowest BCUT2D eigenvalue weighted by Gasteiger charge is -1.96. The van der Waals surface area contributed by atoms with E-state index in [1.807, 2.05) is 6.92 Å². The Morgan fingerprint density at radius 3 is 3.07 bits per heavy atom. The van der Waals surface area contributed by atoms with Crippen molar-refractivity contribution in [2.75, 3.05) is 0 Å². The fourth-order valence-corrected chi connectivity index (χ4v) is 1.63. The van der Waals surface area contributed by atoms with E-state index < -0.39 is 0 Å². The average molecular weight is 212 g/mol. The molecule has 0 spiro atoms. The first kappa shape index (κ1) is 11.7. The smallest absolute Gasteiger partial charge is 0.120 e. The van der Waals surface area contributed by atoms with Crippen LogP contribution in [-0.2, 0) is 9.32 Å². The van der Waals surface area contributed by atoms with Crippen LogP contribution in [-0.4, -0.2) is 12.4 Å². The Labute approximate surface area is 88.1 Å². The topological polar surface area (TPSA) is 26.3 Å². The van der Waals surface area contributed by atoms with Gasteiger partial charge in [-0.2, -0.15) is 0 Å². The zero-order valence-electron chi connectivity index (χ0n) is 8.53. The summed E-state index contributed by atoms with van der Waals surface area (Å²) in [7, 11) is 2.22. The second-order valence-corrected chi connectivity index (χ2v) is 4.08. The molecule has 0 radical (unpaired) electrons. The molecule has 0 bridgehead atoms. The lowest BCUT2D eigenvalue weighted by Crippen LogP contribution is -1.95. The Hall–Kier alpha value is -0.380. The van der Waals surface area contributed by atoms with Gasteiger partial charge in [-0.15, -0.1) is 5.92 Å². The van der Waals surface area contributed by atoms with E-state index in [1.54, 1.807) is 0 Å². The third-order valence-corrected chi connectivity index (χ3v) is 3.01. The number of aldehydes is 1. The molecular weight excluding hydrogens is 195 g/mol. The summed E-state index contributed by atoms with van der Waals surface area (Å²) in [6.45, 7) is 1.93. The minimum Gasteiger partial charge on any atom is -0.350 e. The van der Waals surface area contributed by atoms with Crippen LogP contribution in [0.3, 0.4) is 0 Å². The molecule has 0 aliphatic heterocycles. The van der Waals surface area contributed by atoms with Crippen molar-refractivity contribution in [1.82, 2.24) is 0 Å². The lowest BCUT2D eigenvalue weighted by atomic mass is 10.1. The summed E-state index contributed by atoms with van der Waals surface area (Å²) < 4.78 is 4.94. The monoisotopic (exact) mass is 212 g/mol. The van der Waals surface area contributed by atoms with Gasteiger partial charge in [-0.25, -0.2) is 0 Å². The van der Waals surface area contributed by atoms with Gasteiger partial charge < -0.3 is 9.32 Å². The summed E-state index contributed by atoms with van der Waals surface area (Å²) in [6.07, 6.45) is 4.98. The molecule has 1 aliphatic rings. The molecular formula is C11H17O2P. The van der Waals surface area contributed by atoms with Gasteiger partial charge >= 0.3 is 0 Å². The first-order valence-electron chi connectivity index (χ1n) is 5.05. The maximum Gasteiger partial charge on any atom is 0.120 e. The summed E-state index contributed by atoms with van der Waals surface area (Å²) >= 11 is 0. The molecule has 1 fully saturated rings. The van der Waals surface area contributed by atoms with Crippen molar-refractivity contribution < 1.29 is 9.32 Å². The summed E-state index contributed by atoms with van der Waals surface area (Å²) in [4.78, 5) is 10.1. The highest BCUT2D eigenvalue weighted by molar-refractivity contribution is 7.09. The number of carbonyl (C=O) groups is 1. The highest BCUT2D eigenvalue weighted by atomic mass is 31.0. The van der Waals surface area contributed by atoms with Crippen LogP contribution in [0.25, 0.3) is 0 Å². The molecule has 0 saturated heterocycles. The Balaban J connectivity index is 2.09. The van der Waals surface area contributed by atoms with Crippen LogP contribution in [0.2, 0.25) is 0 Å². The third kappa shape index (κ3) is 4.22. The standard InChI is InChI=1S/C11H17O2P/c1-9(13-14)4-2-5-10-8-11(10)6-3-7-12/h7,9-11H,3,5-6,8,14H2,1H3/t9?,10-,11-/m0/s1. The number of carbonyl (C=O) groups excluding carboxylic acids is 1. The molecule has 0 amide bonds. The van der Waals surface area contributed by atoms with Crippen LogP contribution in [0.5, 0.6) is 0 Å². The van der Waals surface area contributed by atoms with Gasteiger partial charge in [0.1, 0.15) is 12.4 Å². The molecule has 78 valence electrons. The van der Waals surface area contributed by atoms with E-state index >= 15 is 0 Å². The minimum atomic E-state index is 0.00664. The van der Waals surface area contributed by atoms with E-state index in [9.17, 15) is 4.79 Å². The van der Waals surface area contributed by atoms with E-state index in [0.29, 0.717) is 6.42 Å². The molecule has 0 aromatic rings. The normalized spacial score (nSPS) is 26.1. The first-order valence-corrected chi connectivity index (χ1v) is 5.52. The highest BCUT2D eigenvalue weighted by Crippen LogP contribution is 2.43. The van der Waals surface area contributed by atoms with Crippen LogP contribution >= 0.6 is 9.47 Å². The summed E-state index contributed by atoms with van der Waals surface area (Å²) in [6, 6.07) is 0. The van der Waals surface area contributed by atoms with Crippen LogP contribution in [0, 0.1) is 23.7 Å². The lowest BCUT2D eigenvalue weighted by molar-refractivity contribution is -0.108. The number of rotatable bonds is 5. The van der Waals surface area contributed by atoms with Crippen molar-refractivity contribution in [2.24, 2.45) is 11.8 Å². The predicted octanol–water partition coefficient (Wildman–Crippen LogP) is 2.19. The van der Waals surface area contributed by atoms with Crippen molar-refractivity contribution in [3.63, 3.8) is 0 Å². The molecule has 1 rings (SSSR count). The number of hydrogen-bond acceptors (Lipinski definition) is 2. The predicted molar refractivity (Wildman–Crippen MR) is 59.5 cm³/mol. The van der Waals surface area contributed by atoms with Gasteiger partial charge in [-0.3, -0.25) is 0 Å². The maximum absolute atomic E-state index is 10.1. The van der Waals surface area contributed by atoms with Crippen LogP contribution in [0.15, 0.2) is 0 Å². The van der Waals surface area contributed by atoms with E-state index in [1.165, 1.54) is 6.42 Å². The second kappa shape index (κ2) is 6.17. The molecule has 14 heavy (non-hydrogen) atoms.